The van der Waals surface area contributed by atoms with E-state index in [1.165, 1.54) is 19.3 Å². The van der Waals surface area contributed by atoms with Crippen LogP contribution in [0.5, 0.6) is 0 Å². The molecule has 1 amide bonds. The van der Waals surface area contributed by atoms with E-state index in [0.717, 1.165) is 31.4 Å². The number of nitrogens with zero attached hydrogens (tertiary/aromatic N) is 1. The average Bonchev–Trinajstić information content (AvgIpc) is 3.17. The Morgan fingerprint density at radius 3 is 2.62 bits per heavy atom. The molecule has 3 N–H and O–H groups in total. The van der Waals surface area contributed by atoms with Gasteiger partial charge < -0.3 is 15.6 Å². The zero-order valence-electron chi connectivity index (χ0n) is 12.3. The van der Waals surface area contributed by atoms with Crippen molar-refractivity contribution in [1.82, 2.24) is 10.5 Å². The van der Waals surface area contributed by atoms with Crippen molar-refractivity contribution in [3.05, 3.63) is 17.5 Å². The minimum atomic E-state index is -0.0805. The molecule has 2 atom stereocenters. The number of nitrogens with two attached hydrogens (primary N) is 1. The van der Waals surface area contributed by atoms with Gasteiger partial charge in [-0.2, -0.15) is 0 Å². The SMILES string of the molecule is NC1CC2CCCC(C1)C2NC(=O)c1cc(C2CC2)on1. The first-order valence-electron chi connectivity index (χ1n) is 8.24. The van der Waals surface area contributed by atoms with Crippen molar-refractivity contribution < 1.29 is 9.32 Å². The van der Waals surface area contributed by atoms with Gasteiger partial charge in [0.15, 0.2) is 5.69 Å². The summed E-state index contributed by atoms with van der Waals surface area (Å²) in [4.78, 5) is 12.4. The van der Waals surface area contributed by atoms with Gasteiger partial charge in [0.2, 0.25) is 0 Å². The van der Waals surface area contributed by atoms with Gasteiger partial charge in [-0.3, -0.25) is 4.79 Å². The van der Waals surface area contributed by atoms with Crippen LogP contribution >= 0.6 is 0 Å². The van der Waals surface area contributed by atoms with Gasteiger partial charge in [-0.1, -0.05) is 11.6 Å². The van der Waals surface area contributed by atoms with Crippen LogP contribution in [0.3, 0.4) is 0 Å². The zero-order valence-corrected chi connectivity index (χ0v) is 12.3. The summed E-state index contributed by atoms with van der Waals surface area (Å²) < 4.78 is 5.28. The molecule has 2 bridgehead atoms. The summed E-state index contributed by atoms with van der Waals surface area (Å²) in [6.45, 7) is 0. The van der Waals surface area contributed by atoms with Crippen LogP contribution in [0.15, 0.2) is 10.6 Å². The standard InChI is InChI=1S/C16H23N3O2/c17-12-6-10-2-1-3-11(7-12)15(10)18-16(20)13-8-14(21-19-13)9-4-5-9/h8-12,15H,1-7,17H2,(H,18,20). The largest absolute Gasteiger partial charge is 0.360 e. The van der Waals surface area contributed by atoms with Crippen LogP contribution in [0.1, 0.15) is 67.1 Å². The van der Waals surface area contributed by atoms with Crippen LogP contribution in [-0.2, 0) is 0 Å². The number of carbonyl (C=O) groups is 1. The molecule has 0 radical (unpaired) electrons. The van der Waals surface area contributed by atoms with E-state index < -0.39 is 0 Å². The number of rotatable bonds is 3. The third kappa shape index (κ3) is 2.59. The van der Waals surface area contributed by atoms with E-state index in [-0.39, 0.29) is 11.9 Å². The van der Waals surface area contributed by atoms with Crippen molar-refractivity contribution in [3.63, 3.8) is 0 Å². The van der Waals surface area contributed by atoms with E-state index in [1.54, 1.807) is 0 Å². The van der Waals surface area contributed by atoms with E-state index in [9.17, 15) is 4.79 Å². The predicted molar refractivity (Wildman–Crippen MR) is 77.8 cm³/mol. The monoisotopic (exact) mass is 289 g/mol. The summed E-state index contributed by atoms with van der Waals surface area (Å²) >= 11 is 0. The number of hydrogen-bond acceptors (Lipinski definition) is 4. The molecule has 1 heterocycles. The third-order valence-corrected chi connectivity index (χ3v) is 5.42. The fourth-order valence-electron chi connectivity index (χ4n) is 4.21. The number of carbonyl (C=O) groups excluding carboxylic acids is 1. The van der Waals surface area contributed by atoms with Gasteiger partial charge in [0.05, 0.1) is 0 Å². The van der Waals surface area contributed by atoms with Gasteiger partial charge in [-0.15, -0.1) is 0 Å². The lowest BCUT2D eigenvalue weighted by Crippen LogP contribution is -2.53. The van der Waals surface area contributed by atoms with Crippen LogP contribution in [0.4, 0.5) is 0 Å². The summed E-state index contributed by atoms with van der Waals surface area (Å²) in [5, 5.41) is 7.15. The van der Waals surface area contributed by atoms with Gasteiger partial charge in [0.1, 0.15) is 5.76 Å². The van der Waals surface area contributed by atoms with Gasteiger partial charge in [-0.05, 0) is 50.4 Å². The van der Waals surface area contributed by atoms with E-state index >= 15 is 0 Å². The fraction of sp³-hybridized carbons (Fsp3) is 0.750. The molecule has 3 fully saturated rings. The molecule has 0 aliphatic heterocycles. The predicted octanol–water partition coefficient (Wildman–Crippen LogP) is 2.19. The molecule has 5 heteroatoms. The molecule has 3 saturated carbocycles. The lowest BCUT2D eigenvalue weighted by atomic mass is 9.67. The number of nitrogens with one attached hydrogen (secondary N) is 1. The highest BCUT2D eigenvalue weighted by Crippen LogP contribution is 2.41. The first-order chi connectivity index (χ1) is 10.2. The minimum Gasteiger partial charge on any atom is -0.360 e. The first-order valence-corrected chi connectivity index (χ1v) is 8.24. The lowest BCUT2D eigenvalue weighted by Gasteiger charge is -2.45. The summed E-state index contributed by atoms with van der Waals surface area (Å²) in [6.07, 6.45) is 8.01. The Balaban J connectivity index is 1.45. The average molecular weight is 289 g/mol. The molecule has 2 unspecified atom stereocenters. The van der Waals surface area contributed by atoms with Crippen LogP contribution in [0, 0.1) is 11.8 Å². The molecule has 0 spiro atoms. The Labute approximate surface area is 124 Å². The van der Waals surface area contributed by atoms with Gasteiger partial charge in [0.25, 0.3) is 5.91 Å². The lowest BCUT2D eigenvalue weighted by molar-refractivity contribution is 0.0748. The van der Waals surface area contributed by atoms with Crippen LogP contribution in [-0.4, -0.2) is 23.1 Å². The van der Waals surface area contributed by atoms with Crippen LogP contribution in [0.25, 0.3) is 0 Å². The molecule has 1 aromatic heterocycles. The van der Waals surface area contributed by atoms with Crippen molar-refractivity contribution in [3.8, 4) is 0 Å². The Kier molecular flexibility index (Phi) is 3.25. The summed E-state index contributed by atoms with van der Waals surface area (Å²) in [5.41, 5.74) is 6.57. The summed E-state index contributed by atoms with van der Waals surface area (Å²) in [7, 11) is 0. The highest BCUT2D eigenvalue weighted by molar-refractivity contribution is 5.92. The highest BCUT2D eigenvalue weighted by Gasteiger charge is 2.40. The minimum absolute atomic E-state index is 0.0805. The summed E-state index contributed by atoms with van der Waals surface area (Å²) in [6, 6.07) is 2.39. The van der Waals surface area contributed by atoms with Crippen LogP contribution < -0.4 is 11.1 Å². The second kappa shape index (κ2) is 5.13. The maximum Gasteiger partial charge on any atom is 0.273 e. The smallest absolute Gasteiger partial charge is 0.273 e. The number of fused-ring (bicyclic) bond motifs is 2. The molecule has 0 aromatic carbocycles. The Bertz CT molecular complexity index is 523. The van der Waals surface area contributed by atoms with Crippen molar-refractivity contribution in [1.29, 1.82) is 0 Å². The normalized spacial score (nSPS) is 35.5. The molecule has 114 valence electrons. The second-order valence-electron chi connectivity index (χ2n) is 7.07. The molecule has 0 saturated heterocycles. The maximum absolute atomic E-state index is 12.4. The van der Waals surface area contributed by atoms with E-state index in [1.807, 2.05) is 6.07 Å². The van der Waals surface area contributed by atoms with Gasteiger partial charge >= 0.3 is 0 Å². The van der Waals surface area contributed by atoms with E-state index in [4.69, 9.17) is 10.3 Å². The molecular weight excluding hydrogens is 266 g/mol. The number of amides is 1. The maximum atomic E-state index is 12.4. The second-order valence-corrected chi connectivity index (χ2v) is 7.07. The zero-order chi connectivity index (χ0) is 14.4. The topological polar surface area (TPSA) is 81.1 Å². The van der Waals surface area contributed by atoms with Gasteiger partial charge in [-0.25, -0.2) is 0 Å². The quantitative estimate of drug-likeness (QED) is 0.893. The highest BCUT2D eigenvalue weighted by atomic mass is 16.5. The fourth-order valence-corrected chi connectivity index (χ4v) is 4.21. The van der Waals surface area contributed by atoms with Crippen molar-refractivity contribution in [2.75, 3.05) is 0 Å². The molecule has 1 aromatic rings. The van der Waals surface area contributed by atoms with E-state index in [2.05, 4.69) is 10.5 Å². The molecule has 4 rings (SSSR count). The van der Waals surface area contributed by atoms with Gasteiger partial charge in [0, 0.05) is 24.1 Å². The molecule has 3 aliphatic carbocycles. The molecule has 21 heavy (non-hydrogen) atoms. The Morgan fingerprint density at radius 1 is 1.24 bits per heavy atom. The Hall–Kier alpha value is -1.36. The molecule has 5 nitrogen and oxygen atoms in total. The van der Waals surface area contributed by atoms with Crippen molar-refractivity contribution in [2.24, 2.45) is 17.6 Å². The van der Waals surface area contributed by atoms with Crippen molar-refractivity contribution in [2.45, 2.75) is 62.9 Å². The third-order valence-electron chi connectivity index (χ3n) is 5.42. The molecular formula is C16H23N3O2. The number of aromatic nitrogens is 1. The molecule has 3 aliphatic rings. The number of hydrogen-bond donors (Lipinski definition) is 2. The van der Waals surface area contributed by atoms with Crippen LogP contribution in [0.2, 0.25) is 0 Å². The van der Waals surface area contributed by atoms with Crippen molar-refractivity contribution >= 4 is 5.91 Å². The Morgan fingerprint density at radius 2 is 1.95 bits per heavy atom. The first kappa shape index (κ1) is 13.3. The van der Waals surface area contributed by atoms with E-state index in [0.29, 0.717) is 29.5 Å². The summed E-state index contributed by atoms with van der Waals surface area (Å²) in [5.74, 6) is 2.35.